The lowest BCUT2D eigenvalue weighted by Gasteiger charge is -2.39. The van der Waals surface area contributed by atoms with Gasteiger partial charge in [-0.05, 0) is 43.6 Å². The zero-order valence-corrected chi connectivity index (χ0v) is 12.8. The summed E-state index contributed by atoms with van der Waals surface area (Å²) in [4.78, 5) is 0. The van der Waals surface area contributed by atoms with Crippen LogP contribution in [0.1, 0.15) is 51.5 Å². The first-order chi connectivity index (χ1) is 9.73. The van der Waals surface area contributed by atoms with Gasteiger partial charge in [0, 0.05) is 18.6 Å². The maximum atomic E-state index is 10.9. The van der Waals surface area contributed by atoms with Gasteiger partial charge in [-0.2, -0.15) is 0 Å². The average Bonchev–Trinajstić information content (AvgIpc) is 2.51. The summed E-state index contributed by atoms with van der Waals surface area (Å²) in [7, 11) is 0. The van der Waals surface area contributed by atoms with Crippen molar-refractivity contribution < 1.29 is 9.84 Å². The van der Waals surface area contributed by atoms with Gasteiger partial charge in [0.25, 0.3) is 0 Å². The molecule has 1 heterocycles. The van der Waals surface area contributed by atoms with Gasteiger partial charge in [0.1, 0.15) is 0 Å². The first-order valence-electron chi connectivity index (χ1n) is 8.04. The van der Waals surface area contributed by atoms with E-state index in [4.69, 9.17) is 4.74 Å². The average molecular weight is 276 g/mol. The molecule has 1 aromatic rings. The third-order valence-corrected chi connectivity index (χ3v) is 5.15. The van der Waals surface area contributed by atoms with E-state index in [1.807, 2.05) is 6.07 Å². The summed E-state index contributed by atoms with van der Waals surface area (Å²) in [5.41, 5.74) is 1.18. The standard InChI is InChI=1S/C18H28O2/c1-3-18(4-2,16-8-6-5-7-9-16)17(19)14-15-10-12-20-13-11-15/h5-9,15,17,19H,3-4,10-14H2,1-2H3. The number of ether oxygens (including phenoxy) is 1. The van der Waals surface area contributed by atoms with Gasteiger partial charge in [0.05, 0.1) is 6.10 Å². The number of aliphatic hydroxyl groups is 1. The van der Waals surface area contributed by atoms with Gasteiger partial charge in [0.15, 0.2) is 0 Å². The molecule has 0 aromatic heterocycles. The van der Waals surface area contributed by atoms with E-state index >= 15 is 0 Å². The maximum absolute atomic E-state index is 10.9. The van der Waals surface area contributed by atoms with Crippen molar-refractivity contribution in [1.29, 1.82) is 0 Å². The lowest BCUT2D eigenvalue weighted by molar-refractivity contribution is 0.0140. The number of hydrogen-bond acceptors (Lipinski definition) is 2. The fraction of sp³-hybridized carbons (Fsp3) is 0.667. The van der Waals surface area contributed by atoms with Crippen molar-refractivity contribution in [3.8, 4) is 0 Å². The summed E-state index contributed by atoms with van der Waals surface area (Å²) in [6, 6.07) is 10.5. The molecule has 0 amide bonds. The predicted molar refractivity (Wildman–Crippen MR) is 82.9 cm³/mol. The highest BCUT2D eigenvalue weighted by Gasteiger charge is 2.37. The minimum atomic E-state index is -0.261. The zero-order valence-electron chi connectivity index (χ0n) is 12.8. The molecule has 1 aliphatic rings. The Labute approximate surface area is 123 Å². The molecule has 1 aliphatic heterocycles. The van der Waals surface area contributed by atoms with Crippen LogP contribution in [0.3, 0.4) is 0 Å². The Bertz CT molecular complexity index is 378. The molecular weight excluding hydrogens is 248 g/mol. The highest BCUT2D eigenvalue weighted by molar-refractivity contribution is 5.27. The number of aliphatic hydroxyl groups excluding tert-OH is 1. The highest BCUT2D eigenvalue weighted by atomic mass is 16.5. The molecule has 0 radical (unpaired) electrons. The Morgan fingerprint density at radius 2 is 1.75 bits per heavy atom. The lowest BCUT2D eigenvalue weighted by Crippen LogP contribution is -2.40. The zero-order chi connectivity index (χ0) is 14.4. The monoisotopic (exact) mass is 276 g/mol. The second kappa shape index (κ2) is 7.24. The molecular formula is C18H28O2. The second-order valence-corrected chi connectivity index (χ2v) is 6.04. The third-order valence-electron chi connectivity index (χ3n) is 5.15. The molecule has 1 N–H and O–H groups in total. The molecule has 112 valence electrons. The molecule has 1 fully saturated rings. The molecule has 20 heavy (non-hydrogen) atoms. The Hall–Kier alpha value is -0.860. The van der Waals surface area contributed by atoms with Crippen LogP contribution in [-0.2, 0) is 10.2 Å². The molecule has 1 saturated heterocycles. The molecule has 2 heteroatoms. The Balaban J connectivity index is 2.14. The molecule has 0 saturated carbocycles. The normalized spacial score (nSPS) is 18.9. The van der Waals surface area contributed by atoms with Crippen molar-refractivity contribution in [2.45, 2.75) is 57.5 Å². The van der Waals surface area contributed by atoms with E-state index < -0.39 is 0 Å². The second-order valence-electron chi connectivity index (χ2n) is 6.04. The van der Waals surface area contributed by atoms with Crippen molar-refractivity contribution in [1.82, 2.24) is 0 Å². The lowest BCUT2D eigenvalue weighted by atomic mass is 9.69. The quantitative estimate of drug-likeness (QED) is 0.853. The Kier molecular flexibility index (Phi) is 5.62. The van der Waals surface area contributed by atoms with Gasteiger partial charge >= 0.3 is 0 Å². The van der Waals surface area contributed by atoms with Crippen molar-refractivity contribution >= 4 is 0 Å². The maximum Gasteiger partial charge on any atom is 0.0639 e. The van der Waals surface area contributed by atoms with E-state index in [0.717, 1.165) is 45.3 Å². The van der Waals surface area contributed by atoms with Gasteiger partial charge in [-0.1, -0.05) is 44.2 Å². The molecule has 1 aromatic carbocycles. The van der Waals surface area contributed by atoms with E-state index in [9.17, 15) is 5.11 Å². The molecule has 1 unspecified atom stereocenters. The van der Waals surface area contributed by atoms with Gasteiger partial charge < -0.3 is 9.84 Å². The van der Waals surface area contributed by atoms with Gasteiger partial charge in [-0.3, -0.25) is 0 Å². The van der Waals surface area contributed by atoms with Gasteiger partial charge in [0.2, 0.25) is 0 Å². The summed E-state index contributed by atoms with van der Waals surface area (Å²) in [6.07, 6.45) is 4.79. The SMILES string of the molecule is CCC(CC)(c1ccccc1)C(O)CC1CCOCC1. The van der Waals surface area contributed by atoms with Crippen LogP contribution >= 0.6 is 0 Å². The van der Waals surface area contributed by atoms with E-state index in [-0.39, 0.29) is 11.5 Å². The van der Waals surface area contributed by atoms with E-state index in [2.05, 4.69) is 38.1 Å². The van der Waals surface area contributed by atoms with Crippen molar-refractivity contribution in [3.05, 3.63) is 35.9 Å². The first-order valence-corrected chi connectivity index (χ1v) is 8.04. The number of hydrogen-bond donors (Lipinski definition) is 1. The van der Waals surface area contributed by atoms with E-state index in [1.165, 1.54) is 5.56 Å². The van der Waals surface area contributed by atoms with Gasteiger partial charge in [-0.15, -0.1) is 0 Å². The summed E-state index contributed by atoms with van der Waals surface area (Å²) < 4.78 is 5.42. The smallest absolute Gasteiger partial charge is 0.0639 e. The molecule has 2 rings (SSSR count). The molecule has 1 atom stereocenters. The summed E-state index contributed by atoms with van der Waals surface area (Å²) in [6.45, 7) is 6.11. The minimum Gasteiger partial charge on any atom is -0.392 e. The Morgan fingerprint density at radius 1 is 1.15 bits per heavy atom. The van der Waals surface area contributed by atoms with Crippen LogP contribution in [0.15, 0.2) is 30.3 Å². The van der Waals surface area contributed by atoms with Crippen molar-refractivity contribution in [2.24, 2.45) is 5.92 Å². The van der Waals surface area contributed by atoms with E-state index in [1.54, 1.807) is 0 Å². The van der Waals surface area contributed by atoms with Crippen LogP contribution < -0.4 is 0 Å². The largest absolute Gasteiger partial charge is 0.392 e. The van der Waals surface area contributed by atoms with Crippen molar-refractivity contribution in [2.75, 3.05) is 13.2 Å². The minimum absolute atomic E-state index is 0.0977. The van der Waals surface area contributed by atoms with Crippen LogP contribution in [-0.4, -0.2) is 24.4 Å². The van der Waals surface area contributed by atoms with Crippen LogP contribution in [0.25, 0.3) is 0 Å². The fourth-order valence-corrected chi connectivity index (χ4v) is 3.62. The highest BCUT2D eigenvalue weighted by Crippen LogP contribution is 2.38. The molecule has 0 bridgehead atoms. The molecule has 0 spiro atoms. The Morgan fingerprint density at radius 3 is 2.30 bits per heavy atom. The topological polar surface area (TPSA) is 29.5 Å². The summed E-state index contributed by atoms with van der Waals surface area (Å²) in [5.74, 6) is 0.611. The molecule has 2 nitrogen and oxygen atoms in total. The fourth-order valence-electron chi connectivity index (χ4n) is 3.62. The molecule has 0 aliphatic carbocycles. The number of benzene rings is 1. The summed E-state index contributed by atoms with van der Waals surface area (Å²) in [5, 5.41) is 10.9. The predicted octanol–water partition coefficient (Wildman–Crippen LogP) is 3.92. The van der Waals surface area contributed by atoms with Crippen LogP contribution in [0.4, 0.5) is 0 Å². The van der Waals surface area contributed by atoms with Crippen molar-refractivity contribution in [3.63, 3.8) is 0 Å². The summed E-state index contributed by atoms with van der Waals surface area (Å²) >= 11 is 0. The van der Waals surface area contributed by atoms with Crippen LogP contribution in [0.2, 0.25) is 0 Å². The third kappa shape index (κ3) is 3.24. The first kappa shape index (κ1) is 15.5. The van der Waals surface area contributed by atoms with Crippen LogP contribution in [0.5, 0.6) is 0 Å². The van der Waals surface area contributed by atoms with Crippen LogP contribution in [0, 0.1) is 5.92 Å². The van der Waals surface area contributed by atoms with E-state index in [0.29, 0.717) is 5.92 Å². The van der Waals surface area contributed by atoms with Gasteiger partial charge in [-0.25, -0.2) is 0 Å². The number of rotatable bonds is 6.